The summed E-state index contributed by atoms with van der Waals surface area (Å²) in [6.07, 6.45) is 5.08. The van der Waals surface area contributed by atoms with Gasteiger partial charge in [-0.3, -0.25) is 0 Å². The van der Waals surface area contributed by atoms with Crippen LogP contribution in [0, 0.1) is 0 Å². The maximum atomic E-state index is 3.67. The minimum Gasteiger partial charge on any atom is -0.412 e. The van der Waals surface area contributed by atoms with E-state index in [1.165, 1.54) is 0 Å². The van der Waals surface area contributed by atoms with Crippen molar-refractivity contribution in [3.8, 4) is 0 Å². The summed E-state index contributed by atoms with van der Waals surface area (Å²) >= 11 is 0. The molecule has 7 heavy (non-hydrogen) atoms. The maximum Gasteiger partial charge on any atom is 0.0919 e. The van der Waals surface area contributed by atoms with Crippen LogP contribution in [0.1, 0.15) is 0 Å². The predicted molar refractivity (Wildman–Crippen MR) is 28.0 cm³/mol. The van der Waals surface area contributed by atoms with Crippen LogP contribution in [-0.4, -0.2) is 66.8 Å². The largest absolute Gasteiger partial charge is 0.412 e. The van der Waals surface area contributed by atoms with Gasteiger partial charge >= 0.3 is 0 Å². The van der Waals surface area contributed by atoms with Crippen LogP contribution in [0.4, 0.5) is 0 Å². The average Bonchev–Trinajstić information content (AvgIpc) is 1.76. The molecule has 1 aromatic heterocycles. The molecule has 0 aliphatic carbocycles. The van der Waals surface area contributed by atoms with E-state index in [0.717, 1.165) is 0 Å². The Labute approximate surface area is 84.3 Å². The molecule has 0 aliphatic heterocycles. The fraction of sp³-hybridized carbons (Fsp3) is 0. The van der Waals surface area contributed by atoms with Gasteiger partial charge in [-0.2, -0.15) is 0 Å². The van der Waals surface area contributed by atoms with E-state index in [1.54, 1.807) is 18.7 Å². The molecule has 0 saturated carbocycles. The Hall–Kier alpha value is 0.806. The summed E-state index contributed by atoms with van der Waals surface area (Å²) in [5.41, 5.74) is 0. The van der Waals surface area contributed by atoms with E-state index < -0.39 is 0 Å². The van der Waals surface area contributed by atoms with E-state index in [4.69, 9.17) is 0 Å². The Kier molecular flexibility index (Phi) is 10.4. The summed E-state index contributed by atoms with van der Waals surface area (Å²) in [5, 5.41) is 0. The molecule has 35 valence electrons. The molecule has 1 radical (unpaired) electrons. The molecule has 0 bridgehead atoms. The molecule has 3 nitrogen and oxygen atoms in total. The number of nitrogens with zero attached hydrogens (tertiary/aromatic N) is 1. The molecule has 1 aromatic rings. The molecule has 0 fully saturated rings. The minimum atomic E-state index is 0. The van der Waals surface area contributed by atoms with Crippen LogP contribution in [0.2, 0.25) is 0 Å². The first-order valence-electron chi connectivity index (χ1n) is 1.43. The molecule has 3 N–H and O–H groups in total. The average molecular weight is 125 g/mol. The van der Waals surface area contributed by atoms with Gasteiger partial charge in [0.05, 0.1) is 6.33 Å². The number of aromatic amines is 1. The predicted octanol–water partition coefficient (Wildman–Crippen LogP) is -0.796. The molecule has 0 unspecified atom stereocenters. The van der Waals surface area contributed by atoms with E-state index in [1.807, 2.05) is 0 Å². The van der Waals surface area contributed by atoms with Crippen molar-refractivity contribution < 1.29 is 5.48 Å². The summed E-state index contributed by atoms with van der Waals surface area (Å²) in [5.74, 6) is 0. The van der Waals surface area contributed by atoms with E-state index in [-0.39, 0.29) is 56.9 Å². The number of hydrogen-bond acceptors (Lipinski definition) is 1. The summed E-state index contributed by atoms with van der Waals surface area (Å²) in [7, 11) is 0. The van der Waals surface area contributed by atoms with Crippen molar-refractivity contribution in [2.45, 2.75) is 0 Å². The maximum absolute atomic E-state index is 3.67. The topological polar surface area (TPSA) is 60.2 Å². The summed E-state index contributed by atoms with van der Waals surface area (Å²) in [6.45, 7) is 0. The first-order chi connectivity index (χ1) is 2.50. The second kappa shape index (κ2) is 6.81. The van der Waals surface area contributed by atoms with Gasteiger partial charge in [0.15, 0.2) is 0 Å². The first-order valence-corrected chi connectivity index (χ1v) is 1.43. The molecular formula is C3H6KN2O. The number of nitrogens with one attached hydrogen (secondary N) is 1. The van der Waals surface area contributed by atoms with E-state index in [2.05, 4.69) is 9.97 Å². The number of hydrogen-bond donors (Lipinski definition) is 1. The van der Waals surface area contributed by atoms with Crippen molar-refractivity contribution in [1.82, 2.24) is 9.97 Å². The van der Waals surface area contributed by atoms with Crippen molar-refractivity contribution in [1.29, 1.82) is 0 Å². The molecule has 0 amide bonds. The molecule has 1 rings (SSSR count). The van der Waals surface area contributed by atoms with Crippen molar-refractivity contribution in [3.05, 3.63) is 18.7 Å². The first kappa shape index (κ1) is 10.7. The van der Waals surface area contributed by atoms with Crippen LogP contribution in [-0.2, 0) is 0 Å². The fourth-order valence-corrected chi connectivity index (χ4v) is 0.215. The van der Waals surface area contributed by atoms with E-state index in [0.29, 0.717) is 0 Å². The zero-order chi connectivity index (χ0) is 3.54. The Morgan fingerprint density at radius 3 is 2.29 bits per heavy atom. The van der Waals surface area contributed by atoms with Gasteiger partial charge in [-0.15, -0.1) is 0 Å². The van der Waals surface area contributed by atoms with Gasteiger partial charge in [0, 0.05) is 63.8 Å². The SMILES string of the molecule is O.[K].c1c[nH]cn1. The third-order valence-electron chi connectivity index (χ3n) is 0.406. The van der Waals surface area contributed by atoms with Gasteiger partial charge in [0.25, 0.3) is 0 Å². The Morgan fingerprint density at radius 1 is 1.43 bits per heavy atom. The molecule has 0 atom stereocenters. The molecular weight excluding hydrogens is 119 g/mol. The minimum absolute atomic E-state index is 0. The van der Waals surface area contributed by atoms with Gasteiger partial charge in [-0.05, 0) is 0 Å². The third kappa shape index (κ3) is 4.66. The monoisotopic (exact) mass is 125 g/mol. The van der Waals surface area contributed by atoms with Crippen molar-refractivity contribution in [2.24, 2.45) is 0 Å². The quantitative estimate of drug-likeness (QED) is 0.453. The van der Waals surface area contributed by atoms with Gasteiger partial charge in [0.2, 0.25) is 0 Å². The summed E-state index contributed by atoms with van der Waals surface area (Å²) in [4.78, 5) is 6.42. The van der Waals surface area contributed by atoms with Crippen molar-refractivity contribution in [2.75, 3.05) is 0 Å². The molecule has 0 aromatic carbocycles. The number of H-pyrrole nitrogens is 1. The van der Waals surface area contributed by atoms with Crippen molar-refractivity contribution >= 4 is 51.4 Å². The molecule has 0 spiro atoms. The smallest absolute Gasteiger partial charge is 0.0919 e. The standard InChI is InChI=1S/C3H4N2.K.H2O/c1-2-5-3-4-1;;/h1-3H,(H,4,5);;1H2. The van der Waals surface area contributed by atoms with Gasteiger partial charge in [0.1, 0.15) is 0 Å². The van der Waals surface area contributed by atoms with Gasteiger partial charge in [-0.25, -0.2) is 4.98 Å². The zero-order valence-corrected chi connectivity index (χ0v) is 7.30. The number of aromatic nitrogens is 2. The molecule has 0 aliphatic rings. The third-order valence-corrected chi connectivity index (χ3v) is 0.406. The summed E-state index contributed by atoms with van der Waals surface area (Å²) < 4.78 is 0. The van der Waals surface area contributed by atoms with Crippen LogP contribution in [0.3, 0.4) is 0 Å². The van der Waals surface area contributed by atoms with Crippen LogP contribution in [0.5, 0.6) is 0 Å². The second-order valence-electron chi connectivity index (χ2n) is 0.761. The Morgan fingerprint density at radius 2 is 2.14 bits per heavy atom. The molecule has 4 heteroatoms. The normalized spacial score (nSPS) is 5.71. The van der Waals surface area contributed by atoms with Crippen LogP contribution < -0.4 is 0 Å². The van der Waals surface area contributed by atoms with Gasteiger partial charge < -0.3 is 10.5 Å². The van der Waals surface area contributed by atoms with E-state index >= 15 is 0 Å². The Bertz CT molecular complexity index is 69.4. The molecule has 0 saturated heterocycles. The van der Waals surface area contributed by atoms with Crippen molar-refractivity contribution in [3.63, 3.8) is 0 Å². The summed E-state index contributed by atoms with van der Waals surface area (Å²) in [6, 6.07) is 0. The zero-order valence-electron chi connectivity index (χ0n) is 4.18. The fourth-order valence-electron chi connectivity index (χ4n) is 0.215. The van der Waals surface area contributed by atoms with Crippen LogP contribution in [0.15, 0.2) is 18.7 Å². The van der Waals surface area contributed by atoms with Crippen LogP contribution >= 0.6 is 0 Å². The Balaban J connectivity index is 0. The second-order valence-corrected chi connectivity index (χ2v) is 0.761. The van der Waals surface area contributed by atoms with Gasteiger partial charge in [-0.1, -0.05) is 0 Å². The van der Waals surface area contributed by atoms with E-state index in [9.17, 15) is 0 Å². The molecule has 1 heterocycles. The number of rotatable bonds is 0. The number of imidazole rings is 1. The van der Waals surface area contributed by atoms with Crippen LogP contribution in [0.25, 0.3) is 0 Å².